The first-order valence-corrected chi connectivity index (χ1v) is 7.42. The fraction of sp³-hybridized carbons (Fsp3) is 0.294. The first kappa shape index (κ1) is 13.6. The third-order valence-corrected chi connectivity index (χ3v) is 3.61. The Morgan fingerprint density at radius 1 is 1.00 bits per heavy atom. The van der Waals surface area contributed by atoms with Gasteiger partial charge in [0.1, 0.15) is 22.5 Å². The molecule has 1 aromatic heterocycles. The number of aryl methyl sites for hydroxylation is 1. The largest absolute Gasteiger partial charge is 0.506 e. The van der Waals surface area contributed by atoms with Crippen LogP contribution >= 0.6 is 0 Å². The fourth-order valence-corrected chi connectivity index (χ4v) is 2.43. The van der Waals surface area contributed by atoms with Crippen molar-refractivity contribution in [1.82, 2.24) is 15.0 Å². The number of hydrogen-bond acceptors (Lipinski definition) is 3. The molecule has 4 nitrogen and oxygen atoms in total. The van der Waals surface area contributed by atoms with Gasteiger partial charge in [0.05, 0.1) is 0 Å². The lowest BCUT2D eigenvalue weighted by molar-refractivity contribution is 0.467. The van der Waals surface area contributed by atoms with Crippen LogP contribution in [-0.2, 0) is 6.42 Å². The van der Waals surface area contributed by atoms with Crippen molar-refractivity contribution >= 4 is 11.0 Å². The SMILES string of the molecule is CCCCCc1ccc(O)c(-n2nc3ccccc3n2)c1. The van der Waals surface area contributed by atoms with Gasteiger partial charge >= 0.3 is 0 Å². The first-order valence-electron chi connectivity index (χ1n) is 7.42. The highest BCUT2D eigenvalue weighted by Gasteiger charge is 2.09. The van der Waals surface area contributed by atoms with E-state index in [1.54, 1.807) is 6.07 Å². The minimum Gasteiger partial charge on any atom is -0.506 e. The summed E-state index contributed by atoms with van der Waals surface area (Å²) in [6.07, 6.45) is 4.61. The van der Waals surface area contributed by atoms with Gasteiger partial charge in [0.15, 0.2) is 0 Å². The molecule has 0 aliphatic carbocycles. The highest BCUT2D eigenvalue weighted by Crippen LogP contribution is 2.24. The van der Waals surface area contributed by atoms with Crippen LogP contribution in [0, 0.1) is 0 Å². The third kappa shape index (κ3) is 2.89. The van der Waals surface area contributed by atoms with Crippen molar-refractivity contribution in [2.24, 2.45) is 0 Å². The number of phenols is 1. The van der Waals surface area contributed by atoms with E-state index in [1.165, 1.54) is 23.2 Å². The van der Waals surface area contributed by atoms with Crippen LogP contribution in [0.3, 0.4) is 0 Å². The fourth-order valence-electron chi connectivity index (χ4n) is 2.43. The highest BCUT2D eigenvalue weighted by atomic mass is 16.3. The summed E-state index contributed by atoms with van der Waals surface area (Å²) in [4.78, 5) is 1.52. The normalized spacial score (nSPS) is 11.1. The molecule has 0 unspecified atom stereocenters. The van der Waals surface area contributed by atoms with E-state index < -0.39 is 0 Å². The van der Waals surface area contributed by atoms with Gasteiger partial charge in [0.25, 0.3) is 0 Å². The topological polar surface area (TPSA) is 50.9 Å². The quantitative estimate of drug-likeness (QED) is 0.722. The number of fused-ring (bicyclic) bond motifs is 1. The van der Waals surface area contributed by atoms with E-state index in [0.29, 0.717) is 5.69 Å². The molecule has 0 radical (unpaired) electrons. The molecule has 0 saturated carbocycles. The Kier molecular flexibility index (Phi) is 3.86. The number of aromatic hydroxyl groups is 1. The van der Waals surface area contributed by atoms with Crippen molar-refractivity contribution in [2.75, 3.05) is 0 Å². The lowest BCUT2D eigenvalue weighted by atomic mass is 10.1. The first-order chi connectivity index (χ1) is 10.3. The Labute approximate surface area is 124 Å². The number of unbranched alkanes of at least 4 members (excludes halogenated alkanes) is 2. The molecule has 3 rings (SSSR count). The Hall–Kier alpha value is -2.36. The van der Waals surface area contributed by atoms with Crippen LogP contribution in [0.1, 0.15) is 31.7 Å². The van der Waals surface area contributed by atoms with Crippen LogP contribution in [0.5, 0.6) is 5.75 Å². The molecule has 0 amide bonds. The van der Waals surface area contributed by atoms with Crippen LogP contribution in [0.25, 0.3) is 16.7 Å². The summed E-state index contributed by atoms with van der Waals surface area (Å²) in [5, 5.41) is 18.9. The van der Waals surface area contributed by atoms with Crippen LogP contribution in [0.15, 0.2) is 42.5 Å². The molecular formula is C17H19N3O. The van der Waals surface area contributed by atoms with E-state index in [0.717, 1.165) is 23.9 Å². The van der Waals surface area contributed by atoms with Crippen molar-refractivity contribution in [3.63, 3.8) is 0 Å². The molecule has 0 atom stereocenters. The van der Waals surface area contributed by atoms with Crippen LogP contribution in [0.2, 0.25) is 0 Å². The van der Waals surface area contributed by atoms with Gasteiger partial charge in [-0.2, -0.15) is 0 Å². The van der Waals surface area contributed by atoms with Gasteiger partial charge in [-0.1, -0.05) is 38.0 Å². The summed E-state index contributed by atoms with van der Waals surface area (Å²) in [5.41, 5.74) is 3.50. The summed E-state index contributed by atoms with van der Waals surface area (Å²) in [6.45, 7) is 2.20. The highest BCUT2D eigenvalue weighted by molar-refractivity contribution is 5.73. The molecule has 3 aromatic rings. The molecule has 1 N–H and O–H groups in total. The van der Waals surface area contributed by atoms with Gasteiger partial charge < -0.3 is 5.11 Å². The van der Waals surface area contributed by atoms with E-state index in [9.17, 15) is 5.11 Å². The van der Waals surface area contributed by atoms with E-state index in [-0.39, 0.29) is 5.75 Å². The lowest BCUT2D eigenvalue weighted by Crippen LogP contribution is -2.00. The molecular weight excluding hydrogens is 262 g/mol. The Morgan fingerprint density at radius 2 is 1.71 bits per heavy atom. The molecule has 2 aromatic carbocycles. The van der Waals surface area contributed by atoms with E-state index in [2.05, 4.69) is 17.1 Å². The number of hydrogen-bond donors (Lipinski definition) is 1. The zero-order valence-corrected chi connectivity index (χ0v) is 12.2. The monoisotopic (exact) mass is 281 g/mol. The Balaban J connectivity index is 1.94. The van der Waals surface area contributed by atoms with Crippen molar-refractivity contribution < 1.29 is 5.11 Å². The second-order valence-corrected chi connectivity index (χ2v) is 5.26. The summed E-state index contributed by atoms with van der Waals surface area (Å²) in [7, 11) is 0. The Bertz CT molecular complexity index is 716. The van der Waals surface area contributed by atoms with Crippen LogP contribution < -0.4 is 0 Å². The molecule has 1 heterocycles. The van der Waals surface area contributed by atoms with Gasteiger partial charge in [-0.05, 0) is 42.7 Å². The summed E-state index contributed by atoms with van der Waals surface area (Å²) in [5.74, 6) is 0.203. The second kappa shape index (κ2) is 5.95. The summed E-state index contributed by atoms with van der Waals surface area (Å²) >= 11 is 0. The lowest BCUT2D eigenvalue weighted by Gasteiger charge is -2.06. The molecule has 21 heavy (non-hydrogen) atoms. The van der Waals surface area contributed by atoms with Gasteiger partial charge in [-0.25, -0.2) is 0 Å². The average Bonchev–Trinajstić information content (AvgIpc) is 2.93. The van der Waals surface area contributed by atoms with E-state index in [4.69, 9.17) is 0 Å². The molecule has 4 heteroatoms. The number of phenolic OH excluding ortho intramolecular Hbond substituents is 1. The maximum absolute atomic E-state index is 10.1. The number of benzene rings is 2. The molecule has 108 valence electrons. The molecule has 0 saturated heterocycles. The molecule has 0 spiro atoms. The molecule has 0 aliphatic heterocycles. The van der Waals surface area contributed by atoms with Gasteiger partial charge in [-0.3, -0.25) is 0 Å². The van der Waals surface area contributed by atoms with Crippen molar-refractivity contribution in [1.29, 1.82) is 0 Å². The predicted molar refractivity (Wildman–Crippen MR) is 83.8 cm³/mol. The molecule has 0 aliphatic rings. The maximum atomic E-state index is 10.1. The van der Waals surface area contributed by atoms with Gasteiger partial charge in [-0.15, -0.1) is 15.0 Å². The summed E-state index contributed by atoms with van der Waals surface area (Å²) in [6, 6.07) is 13.4. The third-order valence-electron chi connectivity index (χ3n) is 3.61. The number of nitrogens with zero attached hydrogens (tertiary/aromatic N) is 3. The van der Waals surface area contributed by atoms with Gasteiger partial charge in [0, 0.05) is 0 Å². The standard InChI is InChI=1S/C17H19N3O/c1-2-3-4-7-13-10-11-17(21)16(12-13)20-18-14-8-5-6-9-15(14)19-20/h5-6,8-12,21H,2-4,7H2,1H3. The minimum atomic E-state index is 0.203. The van der Waals surface area contributed by atoms with Gasteiger partial charge in [0.2, 0.25) is 0 Å². The predicted octanol–water partition coefficient (Wildman–Crippen LogP) is 3.86. The van der Waals surface area contributed by atoms with Crippen LogP contribution in [-0.4, -0.2) is 20.1 Å². The Morgan fingerprint density at radius 3 is 2.38 bits per heavy atom. The molecule has 0 bridgehead atoms. The number of aromatic nitrogens is 3. The second-order valence-electron chi connectivity index (χ2n) is 5.26. The number of rotatable bonds is 5. The van der Waals surface area contributed by atoms with E-state index in [1.807, 2.05) is 36.4 Å². The zero-order valence-electron chi connectivity index (χ0n) is 12.2. The summed E-state index contributed by atoms with van der Waals surface area (Å²) < 4.78 is 0. The van der Waals surface area contributed by atoms with E-state index >= 15 is 0 Å². The van der Waals surface area contributed by atoms with Crippen molar-refractivity contribution in [2.45, 2.75) is 32.6 Å². The van der Waals surface area contributed by atoms with Crippen LogP contribution in [0.4, 0.5) is 0 Å². The maximum Gasteiger partial charge on any atom is 0.143 e. The zero-order chi connectivity index (χ0) is 14.7. The van der Waals surface area contributed by atoms with Crippen molar-refractivity contribution in [3.05, 3.63) is 48.0 Å². The minimum absolute atomic E-state index is 0.203. The average molecular weight is 281 g/mol. The van der Waals surface area contributed by atoms with Crippen molar-refractivity contribution in [3.8, 4) is 11.4 Å². The molecule has 0 fully saturated rings. The smallest absolute Gasteiger partial charge is 0.143 e.